The van der Waals surface area contributed by atoms with E-state index in [-0.39, 0.29) is 17.9 Å². The smallest absolute Gasteiger partial charge is 0.407 e. The molecule has 3 aliphatic carbocycles. The maximum Gasteiger partial charge on any atom is 0.407 e. The molecule has 1 heterocycles. The fourth-order valence-corrected chi connectivity index (χ4v) is 7.39. The quantitative estimate of drug-likeness (QED) is 0.206. The molecule has 1 N–H and O–H groups in total. The molecule has 47 heavy (non-hydrogen) atoms. The number of hydrogen-bond acceptors (Lipinski definition) is 6. The lowest BCUT2D eigenvalue weighted by atomic mass is 9.78. The van der Waals surface area contributed by atoms with Crippen molar-refractivity contribution in [1.82, 2.24) is 15.1 Å². The van der Waals surface area contributed by atoms with E-state index in [1.807, 2.05) is 6.20 Å². The number of aromatic nitrogens is 2. The van der Waals surface area contributed by atoms with Crippen LogP contribution in [0.25, 0.3) is 11.1 Å². The van der Waals surface area contributed by atoms with Gasteiger partial charge < -0.3 is 24.4 Å². The number of benzene rings is 2. The summed E-state index contributed by atoms with van der Waals surface area (Å²) in [7, 11) is 3.32. The molecular formula is C38H50N4O5. The molecular weight excluding hydrogens is 592 g/mol. The molecule has 9 heteroatoms. The maximum absolute atomic E-state index is 14.4. The third-order valence-electron chi connectivity index (χ3n) is 10.3. The number of methoxy groups -OCH3 is 2. The number of rotatable bonds is 12. The topological polar surface area (TPSA) is 94.9 Å². The van der Waals surface area contributed by atoms with E-state index >= 15 is 0 Å². The summed E-state index contributed by atoms with van der Waals surface area (Å²) >= 11 is 0. The summed E-state index contributed by atoms with van der Waals surface area (Å²) in [5.41, 5.74) is 5.69. The number of alkyl carbamates (subject to hydrolysis) is 1. The Bertz CT molecular complexity index is 1500. The number of hydrogen-bond donors (Lipinski definition) is 1. The van der Waals surface area contributed by atoms with E-state index in [1.54, 1.807) is 14.2 Å². The minimum atomic E-state index is -0.416. The van der Waals surface area contributed by atoms with E-state index in [2.05, 4.69) is 75.6 Å². The van der Waals surface area contributed by atoms with Crippen LogP contribution in [0.2, 0.25) is 0 Å². The summed E-state index contributed by atoms with van der Waals surface area (Å²) in [6.45, 7) is 3.69. The average molecular weight is 643 g/mol. The second kappa shape index (κ2) is 15.4. The second-order valence-corrected chi connectivity index (χ2v) is 13.7. The minimum absolute atomic E-state index is 0.0914. The van der Waals surface area contributed by atoms with E-state index in [0.29, 0.717) is 56.7 Å². The van der Waals surface area contributed by atoms with Crippen LogP contribution < -0.4 is 15.0 Å². The van der Waals surface area contributed by atoms with Crippen LogP contribution in [0.1, 0.15) is 87.3 Å². The van der Waals surface area contributed by atoms with Crippen LogP contribution in [0, 0.1) is 18.8 Å². The highest BCUT2D eigenvalue weighted by atomic mass is 16.6. The van der Waals surface area contributed by atoms with Gasteiger partial charge in [0.25, 0.3) is 0 Å². The van der Waals surface area contributed by atoms with Crippen LogP contribution in [0.5, 0.6) is 5.75 Å². The van der Waals surface area contributed by atoms with Gasteiger partial charge in [0.1, 0.15) is 11.9 Å². The fraction of sp³-hybridized carbons (Fsp3) is 0.553. The van der Waals surface area contributed by atoms with Gasteiger partial charge in [0.05, 0.1) is 26.0 Å². The van der Waals surface area contributed by atoms with Crippen LogP contribution in [-0.4, -0.2) is 61.8 Å². The summed E-state index contributed by atoms with van der Waals surface area (Å²) in [5, 5.41) is 7.34. The maximum atomic E-state index is 14.4. The third-order valence-corrected chi connectivity index (χ3v) is 10.3. The number of anilines is 1. The van der Waals surface area contributed by atoms with Gasteiger partial charge in [-0.25, -0.2) is 4.79 Å². The molecule has 0 spiro atoms. The normalized spacial score (nSPS) is 22.8. The second-order valence-electron chi connectivity index (χ2n) is 13.7. The van der Waals surface area contributed by atoms with E-state index in [1.165, 1.54) is 24.0 Å². The molecule has 3 saturated carbocycles. The Balaban J connectivity index is 1.14. The average Bonchev–Trinajstić information content (AvgIpc) is 3.83. The predicted octanol–water partition coefficient (Wildman–Crippen LogP) is 7.44. The number of carbonyl (C=O) groups is 2. The molecule has 9 nitrogen and oxygen atoms in total. The number of nitrogens with zero attached hydrogens (tertiary/aromatic N) is 3. The number of ether oxygens (including phenoxy) is 3. The van der Waals surface area contributed by atoms with Crippen molar-refractivity contribution in [3.8, 4) is 16.9 Å². The SMILES string of the molecule is COCCNC(=O)OC1CCC(C(=O)N(CC2CCC(c3ccc(OC)c(C)c3)CC2)c2cccc(-c3cnn(C4CC4)c3)c2)CC1. The molecule has 0 bridgehead atoms. The molecule has 2 amide bonds. The van der Waals surface area contributed by atoms with E-state index < -0.39 is 6.09 Å². The Hall–Kier alpha value is -3.85. The Kier molecular flexibility index (Phi) is 10.8. The van der Waals surface area contributed by atoms with Crippen LogP contribution in [-0.2, 0) is 14.3 Å². The van der Waals surface area contributed by atoms with Gasteiger partial charge in [0.2, 0.25) is 5.91 Å². The van der Waals surface area contributed by atoms with Crippen LogP contribution >= 0.6 is 0 Å². The Labute approximate surface area is 279 Å². The molecule has 3 aliphatic rings. The highest BCUT2D eigenvalue weighted by molar-refractivity contribution is 5.95. The van der Waals surface area contributed by atoms with Gasteiger partial charge in [-0.05, 0) is 118 Å². The lowest BCUT2D eigenvalue weighted by Gasteiger charge is -2.36. The standard InChI is InChI=1S/C38H50N4O5/c1-26-21-31(13-18-36(26)46-3)28-9-7-27(8-10-28)24-41(34-6-4-5-30(22-34)32-23-40-42(25-32)33-14-15-33)37(43)29-11-16-35(17-12-29)47-38(44)39-19-20-45-2/h4-6,13,18,21-23,25,27-29,33,35H,7-12,14-17,19-20,24H2,1-3H3,(H,39,44). The van der Waals surface area contributed by atoms with Gasteiger partial charge in [-0.3, -0.25) is 9.48 Å². The Morgan fingerprint density at radius 2 is 1.72 bits per heavy atom. The molecule has 3 fully saturated rings. The van der Waals surface area contributed by atoms with Crippen molar-refractivity contribution < 1.29 is 23.8 Å². The monoisotopic (exact) mass is 642 g/mol. The molecule has 0 radical (unpaired) electrons. The highest BCUT2D eigenvalue weighted by Gasteiger charge is 2.34. The lowest BCUT2D eigenvalue weighted by molar-refractivity contribution is -0.124. The van der Waals surface area contributed by atoms with Gasteiger partial charge in [-0.2, -0.15) is 5.10 Å². The van der Waals surface area contributed by atoms with Crippen molar-refractivity contribution in [3.63, 3.8) is 0 Å². The molecule has 252 valence electrons. The predicted molar refractivity (Wildman–Crippen MR) is 183 cm³/mol. The number of nitrogens with one attached hydrogen (secondary N) is 1. The van der Waals surface area contributed by atoms with Crippen LogP contribution in [0.4, 0.5) is 10.5 Å². The summed E-state index contributed by atoms with van der Waals surface area (Å²) in [4.78, 5) is 28.6. The van der Waals surface area contributed by atoms with Crippen LogP contribution in [0.3, 0.4) is 0 Å². The van der Waals surface area contributed by atoms with Crippen molar-refractivity contribution in [3.05, 3.63) is 66.0 Å². The molecule has 0 atom stereocenters. The molecule has 0 saturated heterocycles. The number of carbonyl (C=O) groups excluding carboxylic acids is 2. The van der Waals surface area contributed by atoms with Crippen molar-refractivity contribution >= 4 is 17.7 Å². The Morgan fingerprint density at radius 1 is 0.936 bits per heavy atom. The molecule has 2 aromatic carbocycles. The number of amides is 2. The minimum Gasteiger partial charge on any atom is -0.496 e. The van der Waals surface area contributed by atoms with Crippen molar-refractivity contribution in [2.24, 2.45) is 11.8 Å². The van der Waals surface area contributed by atoms with Gasteiger partial charge >= 0.3 is 6.09 Å². The first-order valence-electron chi connectivity index (χ1n) is 17.5. The van der Waals surface area contributed by atoms with E-state index in [0.717, 1.165) is 54.8 Å². The zero-order valence-electron chi connectivity index (χ0n) is 28.2. The zero-order chi connectivity index (χ0) is 32.8. The largest absolute Gasteiger partial charge is 0.496 e. The molecule has 1 aromatic heterocycles. The van der Waals surface area contributed by atoms with Gasteiger partial charge in [0.15, 0.2) is 0 Å². The van der Waals surface area contributed by atoms with Gasteiger partial charge in [-0.1, -0.05) is 24.3 Å². The van der Waals surface area contributed by atoms with Crippen molar-refractivity contribution in [2.45, 2.75) is 89.2 Å². The van der Waals surface area contributed by atoms with E-state index in [4.69, 9.17) is 14.2 Å². The van der Waals surface area contributed by atoms with Gasteiger partial charge in [-0.15, -0.1) is 0 Å². The highest BCUT2D eigenvalue weighted by Crippen LogP contribution is 2.40. The van der Waals surface area contributed by atoms with E-state index in [9.17, 15) is 9.59 Å². The lowest BCUT2D eigenvalue weighted by Crippen LogP contribution is -2.42. The van der Waals surface area contributed by atoms with Gasteiger partial charge in [0, 0.05) is 43.6 Å². The summed E-state index contributed by atoms with van der Waals surface area (Å²) in [6.07, 6.45) is 13.1. The van der Waals surface area contributed by atoms with Crippen molar-refractivity contribution in [1.29, 1.82) is 0 Å². The Morgan fingerprint density at radius 3 is 2.43 bits per heavy atom. The first-order chi connectivity index (χ1) is 22.9. The zero-order valence-corrected chi connectivity index (χ0v) is 28.2. The first-order valence-corrected chi connectivity index (χ1v) is 17.5. The number of aryl methyl sites for hydroxylation is 1. The van der Waals surface area contributed by atoms with Crippen molar-refractivity contribution in [2.75, 3.05) is 38.8 Å². The third kappa shape index (κ3) is 8.36. The molecule has 6 rings (SSSR count). The summed E-state index contributed by atoms with van der Waals surface area (Å²) < 4.78 is 18.2. The molecule has 0 unspecified atom stereocenters. The molecule has 0 aliphatic heterocycles. The fourth-order valence-electron chi connectivity index (χ4n) is 7.39. The first kappa shape index (κ1) is 33.1. The molecule has 3 aromatic rings. The van der Waals surface area contributed by atoms with Crippen LogP contribution in [0.15, 0.2) is 54.9 Å². The summed E-state index contributed by atoms with van der Waals surface area (Å²) in [6, 6.07) is 15.5. The summed E-state index contributed by atoms with van der Waals surface area (Å²) in [5.74, 6) is 2.00.